The molecule has 0 aliphatic carbocycles. The van der Waals surface area contributed by atoms with Gasteiger partial charge in [-0.3, -0.25) is 4.68 Å². The van der Waals surface area contributed by atoms with Gasteiger partial charge in [0.15, 0.2) is 0 Å². The molecule has 33 heavy (non-hydrogen) atoms. The maximum Gasteiger partial charge on any atom is 0.419 e. The van der Waals surface area contributed by atoms with E-state index in [9.17, 15) is 18.4 Å². The third kappa shape index (κ3) is 4.19. The van der Waals surface area contributed by atoms with Crippen LogP contribution in [0.5, 0.6) is 0 Å². The van der Waals surface area contributed by atoms with Crippen LogP contribution in [0.3, 0.4) is 0 Å². The van der Waals surface area contributed by atoms with Crippen LogP contribution in [-0.4, -0.2) is 37.5 Å². The Morgan fingerprint density at radius 1 is 1.18 bits per heavy atom. The zero-order valence-corrected chi connectivity index (χ0v) is 18.1. The Balaban J connectivity index is 1.59. The number of nitrogens with one attached hydrogen (secondary N) is 1. The minimum absolute atomic E-state index is 0.182. The molecule has 1 aliphatic rings. The summed E-state index contributed by atoms with van der Waals surface area (Å²) >= 11 is 0.868. The van der Waals surface area contributed by atoms with Gasteiger partial charge < -0.3 is 5.32 Å². The second kappa shape index (κ2) is 8.53. The molecule has 168 valence electrons. The first-order chi connectivity index (χ1) is 15.9. The highest BCUT2D eigenvalue weighted by atomic mass is 32.2. The lowest BCUT2D eigenvalue weighted by molar-refractivity contribution is -0.140. The first-order valence-electron chi connectivity index (χ1n) is 10.3. The number of halogens is 3. The number of hydrogen-bond acceptors (Lipinski definition) is 6. The Kier molecular flexibility index (Phi) is 5.55. The molecule has 5 heterocycles. The second-order valence-corrected chi connectivity index (χ2v) is 8.75. The van der Waals surface area contributed by atoms with E-state index in [2.05, 4.69) is 26.6 Å². The van der Waals surface area contributed by atoms with E-state index >= 15 is 0 Å². The number of nitriles is 1. The van der Waals surface area contributed by atoms with Gasteiger partial charge in [-0.25, -0.2) is 9.50 Å². The summed E-state index contributed by atoms with van der Waals surface area (Å²) in [5, 5.41) is 21.4. The van der Waals surface area contributed by atoms with Gasteiger partial charge in [-0.2, -0.15) is 28.6 Å². The van der Waals surface area contributed by atoms with E-state index in [4.69, 9.17) is 0 Å². The first-order valence-corrected chi connectivity index (χ1v) is 11.1. The van der Waals surface area contributed by atoms with Crippen LogP contribution in [0.25, 0.3) is 16.6 Å². The summed E-state index contributed by atoms with van der Waals surface area (Å²) in [5.41, 5.74) is 1.44. The number of hydrogen-bond donors (Lipinski definition) is 1. The maximum absolute atomic E-state index is 13.5. The molecule has 1 fully saturated rings. The topological polar surface area (TPSA) is 83.8 Å². The van der Waals surface area contributed by atoms with Gasteiger partial charge in [-0.15, -0.1) is 0 Å². The number of pyridine rings is 2. The van der Waals surface area contributed by atoms with Gasteiger partial charge in [-0.05, 0) is 37.6 Å². The van der Waals surface area contributed by atoms with E-state index in [0.29, 0.717) is 10.4 Å². The van der Waals surface area contributed by atoms with Crippen molar-refractivity contribution in [2.75, 3.05) is 13.1 Å². The third-order valence-electron chi connectivity index (χ3n) is 5.56. The summed E-state index contributed by atoms with van der Waals surface area (Å²) in [7, 11) is 0. The van der Waals surface area contributed by atoms with Gasteiger partial charge in [0.1, 0.15) is 11.1 Å². The average molecular weight is 469 g/mol. The smallest absolute Gasteiger partial charge is 0.315 e. The van der Waals surface area contributed by atoms with Crippen LogP contribution in [0, 0.1) is 11.3 Å². The SMILES string of the molecule is N#Cc1cnn2cc(-c3cnn([C@H]4CCCNC4)c3)cc(Sc3ncccc3C(F)(F)F)c12. The van der Waals surface area contributed by atoms with Crippen LogP contribution in [0.2, 0.25) is 0 Å². The van der Waals surface area contributed by atoms with Crippen molar-refractivity contribution in [3.05, 3.63) is 60.3 Å². The summed E-state index contributed by atoms with van der Waals surface area (Å²) in [6.45, 7) is 1.83. The minimum atomic E-state index is -4.54. The lowest BCUT2D eigenvalue weighted by Gasteiger charge is -2.22. The van der Waals surface area contributed by atoms with Gasteiger partial charge in [0.25, 0.3) is 0 Å². The Bertz CT molecular complexity index is 1350. The van der Waals surface area contributed by atoms with Crippen LogP contribution >= 0.6 is 11.8 Å². The predicted molar refractivity (Wildman–Crippen MR) is 116 cm³/mol. The van der Waals surface area contributed by atoms with E-state index in [1.165, 1.54) is 23.0 Å². The Morgan fingerprint density at radius 3 is 2.82 bits per heavy atom. The highest BCUT2D eigenvalue weighted by Gasteiger charge is 2.34. The zero-order chi connectivity index (χ0) is 23.0. The van der Waals surface area contributed by atoms with E-state index < -0.39 is 11.7 Å². The molecule has 5 rings (SSSR count). The summed E-state index contributed by atoms with van der Waals surface area (Å²) in [6.07, 6.45) is 5.71. The third-order valence-corrected chi connectivity index (χ3v) is 6.61. The lowest BCUT2D eigenvalue weighted by atomic mass is 10.1. The van der Waals surface area contributed by atoms with Crippen molar-refractivity contribution in [3.8, 4) is 17.2 Å². The largest absolute Gasteiger partial charge is 0.419 e. The number of nitrogens with zero attached hydrogens (tertiary/aromatic N) is 6. The van der Waals surface area contributed by atoms with Crippen molar-refractivity contribution in [2.24, 2.45) is 0 Å². The van der Waals surface area contributed by atoms with E-state index in [1.54, 1.807) is 18.5 Å². The van der Waals surface area contributed by atoms with E-state index in [-0.39, 0.29) is 16.6 Å². The van der Waals surface area contributed by atoms with Crippen molar-refractivity contribution in [1.82, 2.24) is 29.7 Å². The van der Waals surface area contributed by atoms with Crippen molar-refractivity contribution in [3.63, 3.8) is 0 Å². The molecule has 4 aromatic heterocycles. The van der Waals surface area contributed by atoms with Gasteiger partial charge >= 0.3 is 6.18 Å². The average Bonchev–Trinajstić information content (AvgIpc) is 3.47. The summed E-state index contributed by atoms with van der Waals surface area (Å²) < 4.78 is 44.0. The summed E-state index contributed by atoms with van der Waals surface area (Å²) in [6, 6.07) is 6.34. The zero-order valence-electron chi connectivity index (χ0n) is 17.3. The standard InChI is InChI=1S/C22H18F3N7S/c23-22(24,25)18-4-2-6-28-21(18)33-19-7-14(12-32-20(19)15(8-26)9-30-32)16-10-29-31(13-16)17-3-1-5-27-11-17/h2,4,6-7,9-10,12-13,17,27H,1,3,5,11H2/t17-/m0/s1. The van der Waals surface area contributed by atoms with Crippen LogP contribution in [0.4, 0.5) is 13.2 Å². The highest BCUT2D eigenvalue weighted by molar-refractivity contribution is 7.99. The molecular weight excluding hydrogens is 451 g/mol. The minimum Gasteiger partial charge on any atom is -0.315 e. The van der Waals surface area contributed by atoms with Gasteiger partial charge in [0, 0.05) is 41.2 Å². The van der Waals surface area contributed by atoms with Crippen LogP contribution in [-0.2, 0) is 6.18 Å². The first kappa shape index (κ1) is 21.5. The van der Waals surface area contributed by atoms with Crippen LogP contribution in [0.15, 0.2) is 59.1 Å². The monoisotopic (exact) mass is 469 g/mol. The molecule has 11 heteroatoms. The predicted octanol–water partition coefficient (Wildman–Crippen LogP) is 4.56. The molecule has 0 amide bonds. The number of piperidine rings is 1. The van der Waals surface area contributed by atoms with Gasteiger partial charge in [0.2, 0.25) is 0 Å². The summed E-state index contributed by atoms with van der Waals surface area (Å²) in [5.74, 6) is 0. The molecule has 1 saturated heterocycles. The molecular formula is C22H18F3N7S. The van der Waals surface area contributed by atoms with Crippen molar-refractivity contribution in [2.45, 2.75) is 35.0 Å². The van der Waals surface area contributed by atoms with E-state index in [0.717, 1.165) is 54.9 Å². The number of rotatable bonds is 4. The molecule has 0 saturated carbocycles. The van der Waals surface area contributed by atoms with Crippen LogP contribution in [0.1, 0.15) is 30.0 Å². The van der Waals surface area contributed by atoms with Crippen molar-refractivity contribution >= 4 is 17.3 Å². The Labute approximate surface area is 191 Å². The number of fused-ring (bicyclic) bond motifs is 1. The molecule has 7 nitrogen and oxygen atoms in total. The molecule has 0 spiro atoms. The normalized spacial score (nSPS) is 16.7. The second-order valence-electron chi connectivity index (χ2n) is 7.72. The van der Waals surface area contributed by atoms with E-state index in [1.807, 2.05) is 10.9 Å². The Morgan fingerprint density at radius 2 is 2.06 bits per heavy atom. The van der Waals surface area contributed by atoms with Gasteiger partial charge in [0.05, 0.1) is 35.1 Å². The highest BCUT2D eigenvalue weighted by Crippen LogP contribution is 2.41. The number of aromatic nitrogens is 5. The van der Waals surface area contributed by atoms with Gasteiger partial charge in [-0.1, -0.05) is 11.8 Å². The molecule has 0 aromatic carbocycles. The molecule has 1 N–H and O–H groups in total. The van der Waals surface area contributed by atoms with Crippen LogP contribution < -0.4 is 5.32 Å². The van der Waals surface area contributed by atoms with Crippen molar-refractivity contribution < 1.29 is 13.2 Å². The fourth-order valence-electron chi connectivity index (χ4n) is 3.94. The maximum atomic E-state index is 13.5. The van der Waals surface area contributed by atoms with Crippen molar-refractivity contribution in [1.29, 1.82) is 5.26 Å². The lowest BCUT2D eigenvalue weighted by Crippen LogP contribution is -2.31. The molecule has 1 aliphatic heterocycles. The number of alkyl halides is 3. The fraction of sp³-hybridized carbons (Fsp3) is 0.273. The Hall–Kier alpha value is -3.36. The molecule has 0 unspecified atom stereocenters. The molecule has 1 atom stereocenters. The molecule has 0 bridgehead atoms. The fourth-order valence-corrected chi connectivity index (χ4v) is 5.04. The molecule has 0 radical (unpaired) electrons. The quantitative estimate of drug-likeness (QED) is 0.472. The molecule has 4 aromatic rings. The summed E-state index contributed by atoms with van der Waals surface area (Å²) in [4.78, 5) is 4.42.